The van der Waals surface area contributed by atoms with Gasteiger partial charge in [-0.25, -0.2) is 9.18 Å². The van der Waals surface area contributed by atoms with Gasteiger partial charge in [-0.3, -0.25) is 4.90 Å². The van der Waals surface area contributed by atoms with Gasteiger partial charge in [0.2, 0.25) is 5.76 Å². The average Bonchev–Trinajstić information content (AvgIpc) is 2.97. The predicted octanol–water partition coefficient (Wildman–Crippen LogP) is 3.40. The van der Waals surface area contributed by atoms with Crippen LogP contribution in [0.25, 0.3) is 0 Å². The van der Waals surface area contributed by atoms with E-state index in [1.54, 1.807) is 24.3 Å². The number of benzene rings is 1. The third kappa shape index (κ3) is 3.70. The maximum absolute atomic E-state index is 12.9. The molecule has 4 nitrogen and oxygen atoms in total. The maximum atomic E-state index is 12.9. The second kappa shape index (κ2) is 6.54. The molecule has 1 heterocycles. The van der Waals surface area contributed by atoms with Gasteiger partial charge in [-0.2, -0.15) is 0 Å². The quantitative estimate of drug-likeness (QED) is 0.792. The minimum absolute atomic E-state index is 0.0199. The highest BCUT2D eigenvalue weighted by molar-refractivity contribution is 5.86. The van der Waals surface area contributed by atoms with Crippen molar-refractivity contribution in [3.8, 4) is 0 Å². The maximum Gasteiger partial charge on any atom is 0.373 e. The molecule has 2 rings (SSSR count). The number of nitrogens with zero attached hydrogens (tertiary/aromatic N) is 1. The third-order valence-electron chi connectivity index (χ3n) is 3.43. The SMILES string of the molecule is COC(=O)c1ccc(C(C)N(C)Cc2ccc(F)cc2)o1. The minimum atomic E-state index is -0.491. The summed E-state index contributed by atoms with van der Waals surface area (Å²) < 4.78 is 23.0. The lowest BCUT2D eigenvalue weighted by Crippen LogP contribution is -2.21. The average molecular weight is 291 g/mol. The largest absolute Gasteiger partial charge is 0.463 e. The Bertz CT molecular complexity index is 606. The molecule has 0 aliphatic heterocycles. The third-order valence-corrected chi connectivity index (χ3v) is 3.43. The molecule has 0 spiro atoms. The van der Waals surface area contributed by atoms with E-state index in [9.17, 15) is 9.18 Å². The van der Waals surface area contributed by atoms with Crippen molar-refractivity contribution >= 4 is 5.97 Å². The van der Waals surface area contributed by atoms with Crippen LogP contribution in [0.2, 0.25) is 0 Å². The zero-order valence-electron chi connectivity index (χ0n) is 12.3. The normalized spacial score (nSPS) is 12.4. The van der Waals surface area contributed by atoms with Crippen molar-refractivity contribution < 1.29 is 18.3 Å². The minimum Gasteiger partial charge on any atom is -0.463 e. The first-order valence-corrected chi connectivity index (χ1v) is 6.64. The summed E-state index contributed by atoms with van der Waals surface area (Å²) in [6, 6.07) is 9.72. The molecule has 0 amide bonds. The van der Waals surface area contributed by atoms with Crippen LogP contribution in [0.15, 0.2) is 40.8 Å². The van der Waals surface area contributed by atoms with E-state index < -0.39 is 5.97 Å². The van der Waals surface area contributed by atoms with Crippen LogP contribution in [0.1, 0.15) is 34.8 Å². The van der Waals surface area contributed by atoms with Gasteiger partial charge in [-0.05, 0) is 43.8 Å². The number of carbonyl (C=O) groups excluding carboxylic acids is 1. The Kier molecular flexibility index (Phi) is 4.75. The highest BCUT2D eigenvalue weighted by Crippen LogP contribution is 2.23. The molecule has 112 valence electrons. The Balaban J connectivity index is 2.04. The van der Waals surface area contributed by atoms with Gasteiger partial charge in [-0.1, -0.05) is 12.1 Å². The Morgan fingerprint density at radius 3 is 2.57 bits per heavy atom. The van der Waals surface area contributed by atoms with E-state index >= 15 is 0 Å². The van der Waals surface area contributed by atoms with E-state index in [4.69, 9.17) is 4.42 Å². The Morgan fingerprint density at radius 1 is 1.29 bits per heavy atom. The van der Waals surface area contributed by atoms with E-state index in [1.165, 1.54) is 19.2 Å². The first-order valence-electron chi connectivity index (χ1n) is 6.64. The summed E-state index contributed by atoms with van der Waals surface area (Å²) in [5, 5.41) is 0. The molecule has 5 heteroatoms. The highest BCUT2D eigenvalue weighted by Gasteiger charge is 2.18. The number of ether oxygens (including phenoxy) is 1. The van der Waals surface area contributed by atoms with E-state index in [-0.39, 0.29) is 17.6 Å². The van der Waals surface area contributed by atoms with Gasteiger partial charge in [0.1, 0.15) is 11.6 Å². The lowest BCUT2D eigenvalue weighted by atomic mass is 10.1. The van der Waals surface area contributed by atoms with E-state index in [2.05, 4.69) is 4.74 Å². The molecule has 1 aromatic carbocycles. The fraction of sp³-hybridized carbons (Fsp3) is 0.312. The molecule has 0 saturated carbocycles. The van der Waals surface area contributed by atoms with E-state index in [0.717, 1.165) is 5.56 Å². The number of halogens is 1. The van der Waals surface area contributed by atoms with Crippen LogP contribution in [-0.2, 0) is 11.3 Å². The zero-order valence-corrected chi connectivity index (χ0v) is 12.3. The lowest BCUT2D eigenvalue weighted by molar-refractivity contribution is 0.0559. The number of rotatable bonds is 5. The van der Waals surface area contributed by atoms with Crippen molar-refractivity contribution in [2.75, 3.05) is 14.2 Å². The van der Waals surface area contributed by atoms with Crippen LogP contribution in [0.4, 0.5) is 4.39 Å². The van der Waals surface area contributed by atoms with Gasteiger partial charge in [0, 0.05) is 6.54 Å². The summed E-state index contributed by atoms with van der Waals surface area (Å²) in [6.45, 7) is 2.62. The van der Waals surface area contributed by atoms with Crippen molar-refractivity contribution in [3.05, 3.63) is 59.3 Å². The molecule has 0 N–H and O–H groups in total. The molecular formula is C16H18FNO3. The Labute approximate surface area is 123 Å². The molecule has 0 aliphatic carbocycles. The van der Waals surface area contributed by atoms with Crippen molar-refractivity contribution in [3.63, 3.8) is 0 Å². The first kappa shape index (κ1) is 15.3. The van der Waals surface area contributed by atoms with Crippen LogP contribution < -0.4 is 0 Å². The van der Waals surface area contributed by atoms with Crippen LogP contribution in [0.5, 0.6) is 0 Å². The molecule has 1 aromatic heterocycles. The lowest BCUT2D eigenvalue weighted by Gasteiger charge is -2.23. The second-order valence-electron chi connectivity index (χ2n) is 4.91. The van der Waals surface area contributed by atoms with Gasteiger partial charge in [-0.15, -0.1) is 0 Å². The molecule has 0 saturated heterocycles. The molecular weight excluding hydrogens is 273 g/mol. The van der Waals surface area contributed by atoms with Crippen LogP contribution >= 0.6 is 0 Å². The van der Waals surface area contributed by atoms with E-state index in [1.807, 2.05) is 18.9 Å². The van der Waals surface area contributed by atoms with Gasteiger partial charge < -0.3 is 9.15 Å². The molecule has 1 atom stereocenters. The first-order chi connectivity index (χ1) is 10.0. The topological polar surface area (TPSA) is 42.7 Å². The Morgan fingerprint density at radius 2 is 1.95 bits per heavy atom. The summed E-state index contributed by atoms with van der Waals surface area (Å²) in [5.41, 5.74) is 1.01. The molecule has 0 bridgehead atoms. The Hall–Kier alpha value is -2.14. The van der Waals surface area contributed by atoms with Crippen molar-refractivity contribution in [2.24, 2.45) is 0 Å². The number of hydrogen-bond donors (Lipinski definition) is 0. The fourth-order valence-electron chi connectivity index (χ4n) is 2.02. The molecule has 0 aliphatic rings. The van der Waals surface area contributed by atoms with Gasteiger partial charge in [0.05, 0.1) is 13.2 Å². The van der Waals surface area contributed by atoms with Crippen molar-refractivity contribution in [1.82, 2.24) is 4.90 Å². The van der Waals surface area contributed by atoms with Crippen LogP contribution in [-0.4, -0.2) is 25.0 Å². The molecule has 1 unspecified atom stereocenters. The molecule has 0 radical (unpaired) electrons. The standard InChI is InChI=1S/C16H18FNO3/c1-11(14-8-9-15(21-14)16(19)20-3)18(2)10-12-4-6-13(17)7-5-12/h4-9,11H,10H2,1-3H3. The van der Waals surface area contributed by atoms with E-state index in [0.29, 0.717) is 12.3 Å². The number of carbonyl (C=O) groups is 1. The predicted molar refractivity (Wildman–Crippen MR) is 76.3 cm³/mol. The summed E-state index contributed by atoms with van der Waals surface area (Å²) in [4.78, 5) is 13.4. The summed E-state index contributed by atoms with van der Waals surface area (Å²) in [7, 11) is 3.25. The summed E-state index contributed by atoms with van der Waals surface area (Å²) in [6.07, 6.45) is 0. The van der Waals surface area contributed by atoms with Gasteiger partial charge in [0.25, 0.3) is 0 Å². The van der Waals surface area contributed by atoms with Crippen LogP contribution in [0.3, 0.4) is 0 Å². The zero-order chi connectivity index (χ0) is 15.4. The van der Waals surface area contributed by atoms with Crippen LogP contribution in [0, 0.1) is 5.82 Å². The monoisotopic (exact) mass is 291 g/mol. The molecule has 2 aromatic rings. The smallest absolute Gasteiger partial charge is 0.373 e. The number of esters is 1. The second-order valence-corrected chi connectivity index (χ2v) is 4.91. The van der Waals surface area contributed by atoms with Crippen molar-refractivity contribution in [2.45, 2.75) is 19.5 Å². The highest BCUT2D eigenvalue weighted by atomic mass is 19.1. The number of furan rings is 1. The molecule has 0 fully saturated rings. The summed E-state index contributed by atoms with van der Waals surface area (Å²) >= 11 is 0. The van der Waals surface area contributed by atoms with Crippen molar-refractivity contribution in [1.29, 1.82) is 0 Å². The molecule has 21 heavy (non-hydrogen) atoms. The number of methoxy groups -OCH3 is 1. The van der Waals surface area contributed by atoms with Gasteiger partial charge in [0.15, 0.2) is 0 Å². The van der Waals surface area contributed by atoms with Gasteiger partial charge >= 0.3 is 5.97 Å². The number of hydrogen-bond acceptors (Lipinski definition) is 4. The fourth-order valence-corrected chi connectivity index (χ4v) is 2.02. The summed E-state index contributed by atoms with van der Waals surface area (Å²) in [5.74, 6) is 0.132.